The maximum absolute atomic E-state index is 13.7. The van der Waals surface area contributed by atoms with Gasteiger partial charge in [-0.3, -0.25) is 4.79 Å². The zero-order valence-electron chi connectivity index (χ0n) is 31.9. The smallest absolute Gasteiger partial charge is 0.271 e. The number of rotatable bonds is 13. The van der Waals surface area contributed by atoms with E-state index in [-0.39, 0.29) is 17.1 Å². The Bertz CT molecular complexity index is 2500. The van der Waals surface area contributed by atoms with Gasteiger partial charge in [0.15, 0.2) is 10.7 Å². The monoisotopic (exact) mass is 837 g/mol. The highest BCUT2D eigenvalue weighted by atomic mass is 79.9. The molecule has 1 aliphatic heterocycles. The molecule has 286 valence electrons. The van der Waals surface area contributed by atoms with E-state index in [1.165, 1.54) is 0 Å². The average molecular weight is 839 g/mol. The van der Waals surface area contributed by atoms with Crippen LogP contribution >= 0.6 is 27.5 Å². The molecule has 9 nitrogen and oxygen atoms in total. The van der Waals surface area contributed by atoms with E-state index in [1.807, 2.05) is 97.3 Å². The Hall–Kier alpha value is -5.84. The third-order valence-electron chi connectivity index (χ3n) is 10.3. The van der Waals surface area contributed by atoms with E-state index in [1.54, 1.807) is 17.3 Å². The van der Waals surface area contributed by atoms with Crippen LogP contribution in [0.2, 0.25) is 5.15 Å². The molecule has 0 unspecified atom stereocenters. The minimum atomic E-state index is -0.936. The van der Waals surface area contributed by atoms with Crippen LogP contribution in [0.25, 0.3) is 33.6 Å². The lowest BCUT2D eigenvalue weighted by atomic mass is 9.77. The van der Waals surface area contributed by atoms with Gasteiger partial charge in [0.1, 0.15) is 11.5 Å². The fourth-order valence-electron chi connectivity index (χ4n) is 7.76. The molecule has 1 N–H and O–H groups in total. The van der Waals surface area contributed by atoms with E-state index < -0.39 is 5.54 Å². The van der Waals surface area contributed by atoms with Crippen LogP contribution in [-0.2, 0) is 18.5 Å². The largest absolute Gasteiger partial charge is 0.472 e. The van der Waals surface area contributed by atoms with Crippen molar-refractivity contribution in [3.8, 4) is 33.6 Å². The lowest BCUT2D eigenvalue weighted by molar-refractivity contribution is 0.0934. The maximum Gasteiger partial charge on any atom is 0.271 e. The van der Waals surface area contributed by atoms with Crippen molar-refractivity contribution in [2.45, 2.75) is 58.2 Å². The van der Waals surface area contributed by atoms with Crippen LogP contribution < -0.4 is 5.32 Å². The predicted octanol–water partition coefficient (Wildman–Crippen LogP) is 10.7. The summed E-state index contributed by atoms with van der Waals surface area (Å²) in [5, 5.41) is 18.1. The molecular formula is C46H41BrClN7O2. The number of halogens is 2. The number of carbonyl (C=O) groups is 1. The molecule has 4 aromatic carbocycles. The Kier molecular flexibility index (Phi) is 10.9. The fourth-order valence-corrected chi connectivity index (χ4v) is 8.81. The lowest BCUT2D eigenvalue weighted by Crippen LogP contribution is -2.39. The summed E-state index contributed by atoms with van der Waals surface area (Å²) < 4.78 is 8.54. The van der Waals surface area contributed by atoms with Gasteiger partial charge in [0.25, 0.3) is 5.91 Å². The van der Waals surface area contributed by atoms with Gasteiger partial charge in [0, 0.05) is 33.6 Å². The summed E-state index contributed by atoms with van der Waals surface area (Å²) in [7, 11) is 0. The number of amides is 1. The van der Waals surface area contributed by atoms with Crippen molar-refractivity contribution in [1.82, 2.24) is 35.1 Å². The van der Waals surface area contributed by atoms with E-state index in [0.29, 0.717) is 24.5 Å². The highest BCUT2D eigenvalue weighted by Crippen LogP contribution is 2.49. The molecule has 0 fully saturated rings. The topological polar surface area (TPSA) is 104 Å². The number of tetrazole rings is 1. The summed E-state index contributed by atoms with van der Waals surface area (Å²) in [5.41, 5.74) is 7.78. The van der Waals surface area contributed by atoms with Crippen LogP contribution in [0.5, 0.6) is 0 Å². The van der Waals surface area contributed by atoms with Gasteiger partial charge in [0.2, 0.25) is 5.82 Å². The Morgan fingerprint density at radius 2 is 1.42 bits per heavy atom. The molecule has 0 radical (unpaired) electrons. The fraction of sp³-hybridized carbons (Fsp3) is 0.196. The zero-order valence-corrected chi connectivity index (χ0v) is 34.2. The molecule has 11 heteroatoms. The first kappa shape index (κ1) is 38.1. The van der Waals surface area contributed by atoms with Gasteiger partial charge in [-0.05, 0) is 80.9 Å². The summed E-state index contributed by atoms with van der Waals surface area (Å²) in [6.45, 7) is 6.32. The summed E-state index contributed by atoms with van der Waals surface area (Å²) >= 11 is 10.8. The number of nitrogens with zero attached hydrogens (tertiary/aromatic N) is 6. The van der Waals surface area contributed by atoms with Crippen molar-refractivity contribution >= 4 is 33.4 Å². The Labute approximate surface area is 345 Å². The number of benzene rings is 4. The number of hydrogen-bond acceptors (Lipinski definition) is 6. The Morgan fingerprint density at radius 1 is 0.825 bits per heavy atom. The molecule has 3 heterocycles. The van der Waals surface area contributed by atoms with Crippen molar-refractivity contribution in [3.05, 3.63) is 177 Å². The maximum atomic E-state index is 13.7. The minimum absolute atomic E-state index is 0.0840. The predicted molar refractivity (Wildman–Crippen MR) is 227 cm³/mol. The van der Waals surface area contributed by atoms with Crippen molar-refractivity contribution in [1.29, 1.82) is 0 Å². The van der Waals surface area contributed by atoms with Crippen LogP contribution in [0.3, 0.4) is 0 Å². The summed E-state index contributed by atoms with van der Waals surface area (Å²) in [6, 6.07) is 40.8. The summed E-state index contributed by atoms with van der Waals surface area (Å²) in [5.74, 6) is 0.943. The number of nitrogens with one attached hydrogen (secondary N) is 1. The highest BCUT2D eigenvalue weighted by Gasteiger charge is 2.41. The van der Waals surface area contributed by atoms with E-state index in [9.17, 15) is 4.79 Å². The number of aromatic nitrogens is 6. The van der Waals surface area contributed by atoms with Crippen molar-refractivity contribution in [2.75, 3.05) is 0 Å². The molecule has 1 aliphatic carbocycles. The number of carbonyl (C=O) groups excluding carboxylic acids is 1. The number of unbranched alkanes of at least 4 members (excludes halogenated alkanes) is 1. The van der Waals surface area contributed by atoms with Crippen LogP contribution in [0.4, 0.5) is 0 Å². The second-order valence-electron chi connectivity index (χ2n) is 14.3. The first-order valence-corrected chi connectivity index (χ1v) is 20.3. The average Bonchev–Trinajstić information content (AvgIpc) is 3.93. The van der Waals surface area contributed by atoms with Crippen LogP contribution in [-0.4, -0.2) is 41.7 Å². The van der Waals surface area contributed by atoms with E-state index in [0.717, 1.165) is 73.2 Å². The zero-order chi connectivity index (χ0) is 39.5. The van der Waals surface area contributed by atoms with Crippen LogP contribution in [0.1, 0.15) is 72.2 Å². The van der Waals surface area contributed by atoms with E-state index in [4.69, 9.17) is 36.4 Å². The third-order valence-corrected chi connectivity index (χ3v) is 11.4. The van der Waals surface area contributed by atoms with Crippen molar-refractivity contribution in [3.63, 3.8) is 0 Å². The highest BCUT2D eigenvalue weighted by molar-refractivity contribution is 9.10. The standard InChI is InChI=1S/C46H41BrClN7O2/c1-4-5-25-39-50-43(48)42(45(56)49-30(2)3)54(39)28-37-34-26-27-57-29-38(34)41(47)40(37)35-23-15-16-24-36(35)44-51-53-55(52-44)46(31-17-9-6-10-18-31,32-19-11-7-12-20-32)33-21-13-8-14-22-33/h6-24,26-27,29-30H,4-5,25,28H2,1-3H3,(H,49,56). The first-order valence-electron chi connectivity index (χ1n) is 19.1. The molecule has 6 aromatic rings. The van der Waals surface area contributed by atoms with Crippen LogP contribution in [0, 0.1) is 0 Å². The Balaban J connectivity index is 1.33. The normalized spacial score (nSPS) is 11.8. The number of hydrogen-bond donors (Lipinski definition) is 1. The summed E-state index contributed by atoms with van der Waals surface area (Å²) in [6.07, 6.45) is 5.95. The van der Waals surface area contributed by atoms with Gasteiger partial charge >= 0.3 is 0 Å². The van der Waals surface area contributed by atoms with Gasteiger partial charge in [0.05, 0.1) is 19.1 Å². The van der Waals surface area contributed by atoms with Crippen molar-refractivity contribution < 1.29 is 9.21 Å². The van der Waals surface area contributed by atoms with Gasteiger partial charge < -0.3 is 14.3 Å². The van der Waals surface area contributed by atoms with Crippen molar-refractivity contribution in [2.24, 2.45) is 0 Å². The number of fused-ring (bicyclic) bond motifs is 1. The van der Waals surface area contributed by atoms with Crippen LogP contribution in [0.15, 0.2) is 143 Å². The number of aryl methyl sites for hydroxylation is 1. The lowest BCUT2D eigenvalue weighted by Gasteiger charge is -2.34. The molecule has 0 bridgehead atoms. The second kappa shape index (κ2) is 16.3. The molecule has 2 aliphatic rings. The van der Waals surface area contributed by atoms with Gasteiger partial charge in [-0.1, -0.05) is 140 Å². The molecule has 0 saturated carbocycles. The quantitative estimate of drug-likeness (QED) is 0.116. The molecule has 1 amide bonds. The molecular weight excluding hydrogens is 798 g/mol. The molecule has 0 atom stereocenters. The third kappa shape index (κ3) is 6.97. The molecule has 8 rings (SSSR count). The molecule has 57 heavy (non-hydrogen) atoms. The van der Waals surface area contributed by atoms with Gasteiger partial charge in [-0.15, -0.1) is 15.0 Å². The first-order chi connectivity index (χ1) is 27.8. The number of imidazole rings is 1. The summed E-state index contributed by atoms with van der Waals surface area (Å²) in [4.78, 5) is 20.2. The van der Waals surface area contributed by atoms with Gasteiger partial charge in [-0.25, -0.2) is 4.98 Å². The SMILES string of the molecule is CCCCc1nc(Cl)c(C(=O)NC(C)C)n1Cc1c2ccocc-2c(Br)c1-c1ccccc1-c1nnn(C(c2ccccc2)(c2ccccc2)c2ccccc2)n1. The van der Waals surface area contributed by atoms with Gasteiger partial charge in [-0.2, -0.15) is 0 Å². The molecule has 2 aromatic heterocycles. The van der Waals surface area contributed by atoms with E-state index >= 15 is 0 Å². The van der Waals surface area contributed by atoms with E-state index in [2.05, 4.69) is 70.6 Å². The minimum Gasteiger partial charge on any atom is -0.472 e. The second-order valence-corrected chi connectivity index (χ2v) is 15.4. The molecule has 0 spiro atoms. The Morgan fingerprint density at radius 3 is 2.02 bits per heavy atom. The molecule has 0 saturated heterocycles.